The van der Waals surface area contributed by atoms with E-state index < -0.39 is 0 Å². The van der Waals surface area contributed by atoms with Crippen LogP contribution >= 0.6 is 0 Å². The van der Waals surface area contributed by atoms with Gasteiger partial charge in [0.15, 0.2) is 0 Å². The van der Waals surface area contributed by atoms with Gasteiger partial charge in [-0.3, -0.25) is 9.59 Å². The highest BCUT2D eigenvalue weighted by Crippen LogP contribution is 2.32. The minimum Gasteiger partial charge on any atom is -0.311 e. The van der Waals surface area contributed by atoms with Crippen molar-refractivity contribution in [2.24, 2.45) is 0 Å². The topological polar surface area (TPSA) is 62.3 Å². The fraction of sp³-hybridized carbons (Fsp3) is 0.167. The van der Waals surface area contributed by atoms with Gasteiger partial charge in [0.2, 0.25) is 11.8 Å². The van der Waals surface area contributed by atoms with Gasteiger partial charge in [0.05, 0.1) is 12.5 Å². The van der Waals surface area contributed by atoms with Gasteiger partial charge in [0.25, 0.3) is 0 Å². The molecular weight excluding hydrogens is 290 g/mol. The molecule has 5 nitrogen and oxygen atoms in total. The number of aromatic nitrogens is 1. The first kappa shape index (κ1) is 15.0. The fourth-order valence-electron chi connectivity index (χ4n) is 2.72. The lowest BCUT2D eigenvalue weighted by atomic mass is 9.93. The highest BCUT2D eigenvalue weighted by Gasteiger charge is 2.28. The zero-order valence-electron chi connectivity index (χ0n) is 12.8. The van der Waals surface area contributed by atoms with Crippen LogP contribution in [0.3, 0.4) is 0 Å². The number of nitrogens with one attached hydrogen (secondary N) is 1. The number of carbonyl (C=O) groups excluding carboxylic acids is 2. The van der Waals surface area contributed by atoms with Gasteiger partial charge < -0.3 is 10.2 Å². The van der Waals surface area contributed by atoms with Crippen molar-refractivity contribution in [1.29, 1.82) is 0 Å². The lowest BCUT2D eigenvalue weighted by Gasteiger charge is -2.32. The van der Waals surface area contributed by atoms with E-state index in [9.17, 15) is 9.59 Å². The first-order valence-corrected chi connectivity index (χ1v) is 7.42. The maximum absolute atomic E-state index is 12.3. The van der Waals surface area contributed by atoms with Crippen LogP contribution in [0.15, 0.2) is 54.9 Å². The van der Waals surface area contributed by atoms with Crippen LogP contribution in [0.1, 0.15) is 30.5 Å². The van der Waals surface area contributed by atoms with Crippen LogP contribution in [0.25, 0.3) is 6.08 Å². The third kappa shape index (κ3) is 3.29. The summed E-state index contributed by atoms with van der Waals surface area (Å²) in [5, 5.41) is 2.77. The second-order valence-electron chi connectivity index (χ2n) is 5.35. The van der Waals surface area contributed by atoms with Crippen molar-refractivity contribution < 1.29 is 9.59 Å². The Morgan fingerprint density at radius 2 is 1.96 bits per heavy atom. The summed E-state index contributed by atoms with van der Waals surface area (Å²) in [7, 11) is 0. The number of amides is 2. The Labute approximate surface area is 134 Å². The van der Waals surface area contributed by atoms with Crippen LogP contribution in [-0.4, -0.2) is 21.7 Å². The molecule has 1 N–H and O–H groups in total. The molecule has 2 aromatic rings. The van der Waals surface area contributed by atoms with Crippen molar-refractivity contribution in [3.8, 4) is 0 Å². The van der Waals surface area contributed by atoms with Crippen molar-refractivity contribution >= 4 is 23.7 Å². The molecule has 1 aromatic heterocycles. The number of hydrogen-bond acceptors (Lipinski definition) is 3. The van der Waals surface area contributed by atoms with Crippen LogP contribution in [0.2, 0.25) is 0 Å². The molecule has 1 aliphatic heterocycles. The minimum atomic E-state index is -0.308. The Bertz CT molecular complexity index is 756. The zero-order valence-corrected chi connectivity index (χ0v) is 12.8. The summed E-state index contributed by atoms with van der Waals surface area (Å²) < 4.78 is 0. The van der Waals surface area contributed by atoms with Gasteiger partial charge >= 0.3 is 0 Å². The molecule has 2 heterocycles. The number of pyridine rings is 1. The molecule has 1 atom stereocenters. The van der Waals surface area contributed by atoms with Gasteiger partial charge in [0, 0.05) is 19.3 Å². The number of fused-ring (bicyclic) bond motifs is 1. The quantitative estimate of drug-likeness (QED) is 0.948. The molecule has 2 amide bonds. The smallest absolute Gasteiger partial charge is 0.227 e. The first-order chi connectivity index (χ1) is 11.1. The molecule has 23 heavy (non-hydrogen) atoms. The normalized spacial score (nSPS) is 15.9. The van der Waals surface area contributed by atoms with Crippen LogP contribution in [0.5, 0.6) is 0 Å². The minimum absolute atomic E-state index is 0.0913. The van der Waals surface area contributed by atoms with Crippen LogP contribution in [0.4, 0.5) is 5.82 Å². The van der Waals surface area contributed by atoms with Gasteiger partial charge in [-0.05, 0) is 29.3 Å². The lowest BCUT2D eigenvalue weighted by molar-refractivity contribution is -0.129. The van der Waals surface area contributed by atoms with Gasteiger partial charge in [-0.15, -0.1) is 0 Å². The van der Waals surface area contributed by atoms with Crippen LogP contribution < -0.4 is 5.32 Å². The van der Waals surface area contributed by atoms with E-state index in [4.69, 9.17) is 0 Å². The molecule has 0 aliphatic carbocycles. The Kier molecular flexibility index (Phi) is 4.19. The van der Waals surface area contributed by atoms with Crippen molar-refractivity contribution in [2.45, 2.75) is 19.4 Å². The van der Waals surface area contributed by atoms with Gasteiger partial charge in [-0.1, -0.05) is 30.3 Å². The highest BCUT2D eigenvalue weighted by atomic mass is 16.2. The summed E-state index contributed by atoms with van der Waals surface area (Å²) in [4.78, 5) is 29.9. The SMILES string of the molecule is CC(=O)N1C=Cc2ccccc2[C@@H]1CC(=O)Nc1ccccn1. The lowest BCUT2D eigenvalue weighted by Crippen LogP contribution is -2.33. The number of nitrogens with zero attached hydrogens (tertiary/aromatic N) is 2. The molecule has 0 spiro atoms. The molecule has 1 aliphatic rings. The Morgan fingerprint density at radius 3 is 2.70 bits per heavy atom. The average Bonchev–Trinajstić information content (AvgIpc) is 2.55. The highest BCUT2D eigenvalue weighted by molar-refractivity contribution is 5.91. The molecule has 0 saturated carbocycles. The Hall–Kier alpha value is -2.95. The van der Waals surface area contributed by atoms with Crippen LogP contribution in [-0.2, 0) is 9.59 Å². The van der Waals surface area contributed by atoms with E-state index in [0.29, 0.717) is 5.82 Å². The molecule has 0 bridgehead atoms. The van der Waals surface area contributed by atoms with E-state index in [0.717, 1.165) is 11.1 Å². The van der Waals surface area contributed by atoms with Crippen LogP contribution in [0, 0.1) is 0 Å². The zero-order chi connectivity index (χ0) is 16.2. The van der Waals surface area contributed by atoms with E-state index >= 15 is 0 Å². The summed E-state index contributed by atoms with van der Waals surface area (Å²) in [5.41, 5.74) is 2.00. The van der Waals surface area contributed by atoms with Gasteiger partial charge in [0.1, 0.15) is 5.82 Å². The molecule has 0 fully saturated rings. The Balaban J connectivity index is 1.82. The maximum atomic E-state index is 12.3. The monoisotopic (exact) mass is 307 g/mol. The van der Waals surface area contributed by atoms with Gasteiger partial charge in [-0.25, -0.2) is 4.98 Å². The molecule has 116 valence electrons. The van der Waals surface area contributed by atoms with Crippen molar-refractivity contribution in [2.75, 3.05) is 5.32 Å². The predicted molar refractivity (Wildman–Crippen MR) is 88.2 cm³/mol. The van der Waals surface area contributed by atoms with Gasteiger partial charge in [-0.2, -0.15) is 0 Å². The summed E-state index contributed by atoms with van der Waals surface area (Å²) in [5.74, 6) is 0.239. The van der Waals surface area contributed by atoms with E-state index in [1.165, 1.54) is 6.92 Å². The van der Waals surface area contributed by atoms with Crippen molar-refractivity contribution in [1.82, 2.24) is 9.88 Å². The number of carbonyl (C=O) groups is 2. The molecule has 5 heteroatoms. The summed E-state index contributed by atoms with van der Waals surface area (Å²) in [6, 6.07) is 12.8. The average molecular weight is 307 g/mol. The third-order valence-corrected chi connectivity index (χ3v) is 3.78. The van der Waals surface area contributed by atoms with E-state index in [2.05, 4.69) is 10.3 Å². The second-order valence-corrected chi connectivity index (χ2v) is 5.35. The fourth-order valence-corrected chi connectivity index (χ4v) is 2.72. The molecule has 0 saturated heterocycles. The van der Waals surface area contributed by atoms with E-state index in [1.54, 1.807) is 29.4 Å². The van der Waals surface area contributed by atoms with Crippen molar-refractivity contribution in [3.05, 3.63) is 66.0 Å². The summed E-state index contributed by atoms with van der Waals surface area (Å²) in [6.07, 6.45) is 5.43. The summed E-state index contributed by atoms with van der Waals surface area (Å²) in [6.45, 7) is 1.50. The van der Waals surface area contributed by atoms with Crippen molar-refractivity contribution in [3.63, 3.8) is 0 Å². The third-order valence-electron chi connectivity index (χ3n) is 3.78. The number of hydrogen-bond donors (Lipinski definition) is 1. The second kappa shape index (κ2) is 6.44. The maximum Gasteiger partial charge on any atom is 0.227 e. The predicted octanol–water partition coefficient (Wildman–Crippen LogP) is 2.98. The molecule has 3 rings (SSSR count). The number of rotatable bonds is 3. The van der Waals surface area contributed by atoms with E-state index in [-0.39, 0.29) is 24.3 Å². The standard InChI is InChI=1S/C18H17N3O2/c1-13(22)21-11-9-14-6-2-3-7-15(14)16(21)12-18(23)20-17-8-4-5-10-19-17/h2-11,16H,12H2,1H3,(H,19,20,23)/t16-/m0/s1. The molecule has 0 unspecified atom stereocenters. The molecule has 0 radical (unpaired) electrons. The molecule has 1 aromatic carbocycles. The number of benzene rings is 1. The summed E-state index contributed by atoms with van der Waals surface area (Å²) >= 11 is 0. The Morgan fingerprint density at radius 1 is 1.17 bits per heavy atom. The van der Waals surface area contributed by atoms with E-state index in [1.807, 2.05) is 36.4 Å². The number of anilines is 1. The largest absolute Gasteiger partial charge is 0.311 e. The molecular formula is C18H17N3O2. The first-order valence-electron chi connectivity index (χ1n) is 7.42.